The lowest BCUT2D eigenvalue weighted by Gasteiger charge is -2.28. The maximum atomic E-state index is 12.7. The first-order chi connectivity index (χ1) is 29.0. The topological polar surface area (TPSA) is 111 Å². The summed E-state index contributed by atoms with van der Waals surface area (Å²) in [6.07, 6.45) is 50.2. The van der Waals surface area contributed by atoms with E-state index in [-0.39, 0.29) is 26.1 Å². The molecule has 0 spiro atoms. The number of likely N-dealkylation sites (N-methyl/N-ethyl adjacent to an activating group) is 1. The van der Waals surface area contributed by atoms with Gasteiger partial charge in [0.1, 0.15) is 19.8 Å². The van der Waals surface area contributed by atoms with Gasteiger partial charge in [0.15, 0.2) is 6.10 Å². The number of quaternary nitrogens is 1. The van der Waals surface area contributed by atoms with E-state index in [1.54, 1.807) is 0 Å². The van der Waals surface area contributed by atoms with Gasteiger partial charge in [0, 0.05) is 12.8 Å². The van der Waals surface area contributed by atoms with E-state index in [9.17, 15) is 19.0 Å². The number of nitrogens with zero attached hydrogens (tertiary/aromatic N) is 1. The van der Waals surface area contributed by atoms with Crippen molar-refractivity contribution in [2.24, 2.45) is 0 Å². The molecule has 0 aliphatic heterocycles. The molecule has 60 heavy (non-hydrogen) atoms. The molecule has 0 aliphatic carbocycles. The van der Waals surface area contributed by atoms with Crippen molar-refractivity contribution in [3.8, 4) is 0 Å². The van der Waals surface area contributed by atoms with E-state index in [1.165, 1.54) is 128 Å². The third-order valence-electron chi connectivity index (χ3n) is 10.5. The molecule has 0 heterocycles. The molecule has 0 aromatic heterocycles. The van der Waals surface area contributed by atoms with Crippen LogP contribution in [0.3, 0.4) is 0 Å². The van der Waals surface area contributed by atoms with Crippen molar-refractivity contribution < 1.29 is 42.1 Å². The number of allylic oxidation sites excluding steroid dienone is 8. The van der Waals surface area contributed by atoms with Crippen LogP contribution >= 0.6 is 7.82 Å². The summed E-state index contributed by atoms with van der Waals surface area (Å²) < 4.78 is 33.9. The molecule has 0 saturated heterocycles. The number of unbranched alkanes of at least 4 members (excludes halogenated alkanes) is 25. The van der Waals surface area contributed by atoms with Crippen molar-refractivity contribution in [3.63, 3.8) is 0 Å². The number of carbonyl (C=O) groups is 2. The first-order valence-corrected chi connectivity index (χ1v) is 25.9. The summed E-state index contributed by atoms with van der Waals surface area (Å²) in [6, 6.07) is 0. The highest BCUT2D eigenvalue weighted by atomic mass is 31.2. The zero-order chi connectivity index (χ0) is 44.3. The van der Waals surface area contributed by atoms with E-state index in [4.69, 9.17) is 18.5 Å². The van der Waals surface area contributed by atoms with Crippen molar-refractivity contribution in [3.05, 3.63) is 48.6 Å². The normalized spacial score (nSPS) is 13.9. The molecule has 0 N–H and O–H groups in total. The van der Waals surface area contributed by atoms with Gasteiger partial charge < -0.3 is 27.9 Å². The minimum Gasteiger partial charge on any atom is -0.756 e. The smallest absolute Gasteiger partial charge is 0.306 e. The first-order valence-electron chi connectivity index (χ1n) is 24.4. The maximum Gasteiger partial charge on any atom is 0.306 e. The second-order valence-corrected chi connectivity index (χ2v) is 19.0. The standard InChI is InChI=1S/C50H92NO8P/c1-6-8-10-12-14-16-18-20-21-22-23-24-25-26-27-28-29-31-32-34-36-38-40-42-49(52)56-46-48(47-58-60(54,55)57-45-44-51(3,4)5)59-50(53)43-41-39-37-35-33-30-19-17-15-13-11-9-7-2/h9,11,13,15,17,19,30,33,48H,6-8,10,12,14,16,18,20-29,31-32,34-47H2,1-5H3/b11-9+,15-13+,19-17+,33-30+. The number of phosphoric ester groups is 1. The molecule has 0 rings (SSSR count). The predicted molar refractivity (Wildman–Crippen MR) is 250 cm³/mol. The van der Waals surface area contributed by atoms with E-state index in [1.807, 2.05) is 57.6 Å². The average Bonchev–Trinajstić information content (AvgIpc) is 3.20. The lowest BCUT2D eigenvalue weighted by Crippen LogP contribution is -2.37. The number of ether oxygens (including phenoxy) is 2. The molecule has 0 fully saturated rings. The highest BCUT2D eigenvalue weighted by Gasteiger charge is 2.21. The average molecular weight is 866 g/mol. The van der Waals surface area contributed by atoms with E-state index >= 15 is 0 Å². The summed E-state index contributed by atoms with van der Waals surface area (Å²) in [6.45, 7) is 4.06. The number of carbonyl (C=O) groups excluding carboxylic acids is 2. The van der Waals surface area contributed by atoms with Gasteiger partial charge in [-0.05, 0) is 32.1 Å². The van der Waals surface area contributed by atoms with Gasteiger partial charge in [0.2, 0.25) is 0 Å². The summed E-state index contributed by atoms with van der Waals surface area (Å²) in [5, 5.41) is 0. The Kier molecular flexibility index (Phi) is 40.8. The van der Waals surface area contributed by atoms with Crippen LogP contribution in [0.4, 0.5) is 0 Å². The minimum absolute atomic E-state index is 0.0392. The van der Waals surface area contributed by atoms with Crippen molar-refractivity contribution in [2.75, 3.05) is 47.5 Å². The largest absolute Gasteiger partial charge is 0.756 e. The lowest BCUT2D eigenvalue weighted by atomic mass is 10.0. The molecule has 0 aromatic rings. The number of phosphoric acid groups is 1. The van der Waals surface area contributed by atoms with Crippen molar-refractivity contribution in [1.29, 1.82) is 0 Å². The Morgan fingerprint density at radius 2 is 0.950 bits per heavy atom. The van der Waals surface area contributed by atoms with Crippen LogP contribution in [0.1, 0.15) is 206 Å². The zero-order valence-electron chi connectivity index (χ0n) is 39.4. The Hall–Kier alpha value is -2.03. The maximum absolute atomic E-state index is 12.7. The van der Waals surface area contributed by atoms with Gasteiger partial charge in [-0.3, -0.25) is 14.2 Å². The number of hydrogen-bond donors (Lipinski definition) is 0. The number of esters is 2. The molecule has 0 aliphatic rings. The molecule has 9 nitrogen and oxygen atoms in total. The van der Waals surface area contributed by atoms with Crippen molar-refractivity contribution in [2.45, 2.75) is 213 Å². The van der Waals surface area contributed by atoms with Crippen LogP contribution in [-0.4, -0.2) is 70.0 Å². The highest BCUT2D eigenvalue weighted by molar-refractivity contribution is 7.45. The fraction of sp³-hybridized carbons (Fsp3) is 0.800. The minimum atomic E-state index is -4.64. The van der Waals surface area contributed by atoms with Crippen LogP contribution in [0.5, 0.6) is 0 Å². The molecule has 0 radical (unpaired) electrons. The molecular formula is C50H92NO8P. The van der Waals surface area contributed by atoms with Crippen molar-refractivity contribution >= 4 is 19.8 Å². The van der Waals surface area contributed by atoms with Gasteiger partial charge in [-0.25, -0.2) is 0 Å². The van der Waals surface area contributed by atoms with E-state index in [0.29, 0.717) is 17.4 Å². The fourth-order valence-corrected chi connectivity index (χ4v) is 7.40. The van der Waals surface area contributed by atoms with Crippen LogP contribution in [-0.2, 0) is 32.7 Å². The monoisotopic (exact) mass is 866 g/mol. The van der Waals surface area contributed by atoms with Crippen LogP contribution in [0.2, 0.25) is 0 Å². The van der Waals surface area contributed by atoms with Crippen molar-refractivity contribution in [1.82, 2.24) is 0 Å². The molecule has 10 heteroatoms. The van der Waals surface area contributed by atoms with Gasteiger partial charge in [-0.1, -0.05) is 210 Å². The number of rotatable bonds is 44. The van der Waals surface area contributed by atoms with Gasteiger partial charge in [-0.2, -0.15) is 0 Å². The van der Waals surface area contributed by atoms with Gasteiger partial charge in [-0.15, -0.1) is 0 Å². The van der Waals surface area contributed by atoms with E-state index < -0.39 is 32.5 Å². The molecule has 0 aromatic carbocycles. The summed E-state index contributed by atoms with van der Waals surface area (Å²) in [4.78, 5) is 37.6. The van der Waals surface area contributed by atoms with Crippen LogP contribution in [0.15, 0.2) is 48.6 Å². The lowest BCUT2D eigenvalue weighted by molar-refractivity contribution is -0.870. The molecule has 0 bridgehead atoms. The Labute approximate surface area is 369 Å². The SMILES string of the molecule is CC/C=C/C=C/C=C/C=C/CCCCCC(=O)OC(COC(=O)CCCCCCCCCCCCCCCCCCCCCCCCC)COP(=O)([O-])OCC[N+](C)(C)C. The van der Waals surface area contributed by atoms with E-state index in [2.05, 4.69) is 26.0 Å². The van der Waals surface area contributed by atoms with E-state index in [0.717, 1.165) is 44.9 Å². The zero-order valence-corrected chi connectivity index (χ0v) is 40.3. The Balaban J connectivity index is 4.21. The third-order valence-corrected chi connectivity index (χ3v) is 11.4. The second kappa shape index (κ2) is 42.3. The summed E-state index contributed by atoms with van der Waals surface area (Å²) >= 11 is 0. The Morgan fingerprint density at radius 3 is 1.42 bits per heavy atom. The van der Waals surface area contributed by atoms with Crippen LogP contribution in [0.25, 0.3) is 0 Å². The summed E-state index contributed by atoms with van der Waals surface area (Å²) in [5.41, 5.74) is 0. The fourth-order valence-electron chi connectivity index (χ4n) is 6.67. The van der Waals surface area contributed by atoms with Crippen LogP contribution in [0, 0.1) is 0 Å². The van der Waals surface area contributed by atoms with Gasteiger partial charge in [0.25, 0.3) is 7.82 Å². The first kappa shape index (κ1) is 58.0. The molecule has 0 amide bonds. The summed E-state index contributed by atoms with van der Waals surface area (Å²) in [7, 11) is 1.14. The molecule has 0 saturated carbocycles. The Bertz CT molecular complexity index is 1160. The second-order valence-electron chi connectivity index (χ2n) is 17.5. The molecule has 2 atom stereocenters. The molecular weight excluding hydrogens is 774 g/mol. The quantitative estimate of drug-likeness (QED) is 0.0196. The van der Waals surface area contributed by atoms with Gasteiger partial charge in [0.05, 0.1) is 27.7 Å². The summed E-state index contributed by atoms with van der Waals surface area (Å²) in [5.74, 6) is -0.875. The Morgan fingerprint density at radius 1 is 0.533 bits per heavy atom. The highest BCUT2D eigenvalue weighted by Crippen LogP contribution is 2.38. The molecule has 2 unspecified atom stereocenters. The van der Waals surface area contributed by atoms with Crippen LogP contribution < -0.4 is 4.89 Å². The molecule has 350 valence electrons. The third kappa shape index (κ3) is 45.5. The predicted octanol–water partition coefficient (Wildman–Crippen LogP) is 13.6. The number of hydrogen-bond acceptors (Lipinski definition) is 8. The van der Waals surface area contributed by atoms with Gasteiger partial charge >= 0.3 is 11.9 Å².